The molecule has 1 amide bonds. The summed E-state index contributed by atoms with van der Waals surface area (Å²) in [6, 6.07) is 3.65. The molecule has 0 spiro atoms. The van der Waals surface area contributed by atoms with E-state index in [-0.39, 0.29) is 5.91 Å². The number of amides is 1. The molecule has 76 valence electrons. The number of halogens is 1. The Balaban J connectivity index is 3.32. The maximum absolute atomic E-state index is 11.4. The van der Waals surface area contributed by atoms with Gasteiger partial charge in [0.25, 0.3) is 5.91 Å². The fraction of sp³-hybridized carbons (Fsp3) is 0.222. The molecule has 5 heteroatoms. The Labute approximate surface area is 91.0 Å². The van der Waals surface area contributed by atoms with E-state index in [0.29, 0.717) is 5.56 Å². The zero-order valence-electron chi connectivity index (χ0n) is 8.02. The van der Waals surface area contributed by atoms with Crippen LogP contribution in [0, 0.1) is 6.92 Å². The van der Waals surface area contributed by atoms with Gasteiger partial charge in [-0.1, -0.05) is 15.9 Å². The molecule has 0 radical (unpaired) electrons. The minimum absolute atomic E-state index is 0.307. The van der Waals surface area contributed by atoms with Gasteiger partial charge in [0.05, 0.1) is 5.56 Å². The van der Waals surface area contributed by atoms with E-state index in [1.807, 2.05) is 13.0 Å². The lowest BCUT2D eigenvalue weighted by atomic mass is 10.1. The second-order valence-corrected chi connectivity index (χ2v) is 3.78. The molecule has 1 aromatic rings. The van der Waals surface area contributed by atoms with Gasteiger partial charge in [0.1, 0.15) is 0 Å². The molecule has 0 bridgehead atoms. The highest BCUT2D eigenvalue weighted by molar-refractivity contribution is 9.10. The van der Waals surface area contributed by atoms with Crippen molar-refractivity contribution in [3.05, 3.63) is 27.7 Å². The van der Waals surface area contributed by atoms with Crippen LogP contribution in [0.4, 0.5) is 5.69 Å². The van der Waals surface area contributed by atoms with Gasteiger partial charge in [-0.25, -0.2) is 5.84 Å². The van der Waals surface area contributed by atoms with E-state index in [0.717, 1.165) is 15.7 Å². The smallest absolute Gasteiger partial charge is 0.267 e. The van der Waals surface area contributed by atoms with E-state index >= 15 is 0 Å². The normalized spacial score (nSPS) is 9.71. The number of aryl methyl sites for hydroxylation is 1. The number of carbonyl (C=O) groups excluding carboxylic acids is 1. The van der Waals surface area contributed by atoms with E-state index in [4.69, 9.17) is 5.84 Å². The number of nitrogens with one attached hydrogen (secondary N) is 2. The number of nitrogens with two attached hydrogens (primary N) is 1. The first-order chi connectivity index (χ1) is 6.60. The van der Waals surface area contributed by atoms with E-state index in [9.17, 15) is 4.79 Å². The molecule has 0 aliphatic heterocycles. The summed E-state index contributed by atoms with van der Waals surface area (Å²) in [5.74, 6) is 4.78. The van der Waals surface area contributed by atoms with E-state index in [2.05, 4.69) is 26.7 Å². The molecule has 14 heavy (non-hydrogen) atoms. The van der Waals surface area contributed by atoms with Crippen LogP contribution in [0.3, 0.4) is 0 Å². The molecule has 0 aliphatic carbocycles. The van der Waals surface area contributed by atoms with Gasteiger partial charge in [0.2, 0.25) is 0 Å². The highest BCUT2D eigenvalue weighted by Gasteiger charge is 2.12. The van der Waals surface area contributed by atoms with Gasteiger partial charge in [-0.2, -0.15) is 0 Å². The van der Waals surface area contributed by atoms with E-state index < -0.39 is 0 Å². The lowest BCUT2D eigenvalue weighted by Gasteiger charge is -2.11. The number of benzene rings is 1. The molecular formula is C9H12BrN3O. The number of rotatable bonds is 2. The van der Waals surface area contributed by atoms with Crippen LogP contribution in [-0.2, 0) is 0 Å². The van der Waals surface area contributed by atoms with E-state index in [1.165, 1.54) is 0 Å². The van der Waals surface area contributed by atoms with Crippen LogP contribution < -0.4 is 16.6 Å². The van der Waals surface area contributed by atoms with Crippen LogP contribution in [-0.4, -0.2) is 13.0 Å². The number of hydrogen-bond acceptors (Lipinski definition) is 3. The van der Waals surface area contributed by atoms with Crippen molar-refractivity contribution in [1.82, 2.24) is 5.43 Å². The highest BCUT2D eigenvalue weighted by atomic mass is 79.9. The van der Waals surface area contributed by atoms with Gasteiger partial charge in [-0.05, 0) is 24.6 Å². The van der Waals surface area contributed by atoms with Gasteiger partial charge in [0, 0.05) is 17.2 Å². The summed E-state index contributed by atoms with van der Waals surface area (Å²) in [6.45, 7) is 1.92. The fourth-order valence-electron chi connectivity index (χ4n) is 1.33. The standard InChI is InChI=1S/C9H12BrN3O/c1-5-3-6(10)4-7(8(5)12-2)9(14)13-11/h3-4,12H,11H2,1-2H3,(H,13,14). The molecule has 0 heterocycles. The number of nitrogen functional groups attached to an aromatic ring is 1. The Morgan fingerprint density at radius 2 is 2.14 bits per heavy atom. The van der Waals surface area contributed by atoms with Crippen LogP contribution in [0.2, 0.25) is 0 Å². The summed E-state index contributed by atoms with van der Waals surface area (Å²) in [4.78, 5) is 11.4. The molecule has 0 atom stereocenters. The predicted octanol–water partition coefficient (Wildman–Crippen LogP) is 1.40. The summed E-state index contributed by atoms with van der Waals surface area (Å²) in [6.07, 6.45) is 0. The Kier molecular flexibility index (Phi) is 3.49. The van der Waals surface area contributed by atoms with Crippen LogP contribution >= 0.6 is 15.9 Å². The first kappa shape index (κ1) is 11.0. The van der Waals surface area contributed by atoms with Crippen molar-refractivity contribution in [3.8, 4) is 0 Å². The Morgan fingerprint density at radius 1 is 1.50 bits per heavy atom. The van der Waals surface area contributed by atoms with Crippen molar-refractivity contribution < 1.29 is 4.79 Å². The molecular weight excluding hydrogens is 246 g/mol. The van der Waals surface area contributed by atoms with Crippen molar-refractivity contribution in [2.45, 2.75) is 6.92 Å². The Bertz CT molecular complexity index is 365. The van der Waals surface area contributed by atoms with Crippen LogP contribution in [0.25, 0.3) is 0 Å². The largest absolute Gasteiger partial charge is 0.387 e. The first-order valence-corrected chi connectivity index (χ1v) is 4.88. The molecule has 0 saturated heterocycles. The molecule has 0 aliphatic rings. The third-order valence-electron chi connectivity index (χ3n) is 1.93. The van der Waals surface area contributed by atoms with E-state index in [1.54, 1.807) is 13.1 Å². The van der Waals surface area contributed by atoms with Crippen LogP contribution in [0.1, 0.15) is 15.9 Å². The van der Waals surface area contributed by atoms with Crippen molar-refractivity contribution >= 4 is 27.5 Å². The quantitative estimate of drug-likeness (QED) is 0.426. The molecule has 0 fully saturated rings. The first-order valence-electron chi connectivity index (χ1n) is 4.09. The van der Waals surface area contributed by atoms with Crippen molar-refractivity contribution in [2.24, 2.45) is 5.84 Å². The lowest BCUT2D eigenvalue weighted by Crippen LogP contribution is -2.30. The number of hydrazine groups is 1. The van der Waals surface area contributed by atoms with Crippen molar-refractivity contribution in [3.63, 3.8) is 0 Å². The van der Waals surface area contributed by atoms with Crippen molar-refractivity contribution in [1.29, 1.82) is 0 Å². The second kappa shape index (κ2) is 4.43. The monoisotopic (exact) mass is 257 g/mol. The van der Waals surface area contributed by atoms with Crippen LogP contribution in [0.15, 0.2) is 16.6 Å². The lowest BCUT2D eigenvalue weighted by molar-refractivity contribution is 0.0954. The molecule has 0 saturated carbocycles. The predicted molar refractivity (Wildman–Crippen MR) is 60.1 cm³/mol. The number of anilines is 1. The highest BCUT2D eigenvalue weighted by Crippen LogP contribution is 2.25. The fourth-order valence-corrected chi connectivity index (χ4v) is 1.90. The number of carbonyl (C=O) groups is 1. The average molecular weight is 258 g/mol. The third kappa shape index (κ3) is 2.05. The molecule has 0 unspecified atom stereocenters. The average Bonchev–Trinajstić information content (AvgIpc) is 2.15. The summed E-state index contributed by atoms with van der Waals surface area (Å²) in [7, 11) is 1.77. The van der Waals surface area contributed by atoms with Gasteiger partial charge < -0.3 is 5.32 Å². The summed E-state index contributed by atoms with van der Waals surface area (Å²) < 4.78 is 0.854. The van der Waals surface area contributed by atoms with Gasteiger partial charge in [0.15, 0.2) is 0 Å². The maximum atomic E-state index is 11.4. The minimum Gasteiger partial charge on any atom is -0.387 e. The molecule has 1 aromatic carbocycles. The Hall–Kier alpha value is -1.07. The van der Waals surface area contributed by atoms with Gasteiger partial charge in [-0.3, -0.25) is 10.2 Å². The SMILES string of the molecule is CNc1c(C)cc(Br)cc1C(=O)NN. The zero-order chi connectivity index (χ0) is 10.7. The summed E-state index contributed by atoms with van der Waals surface area (Å²) in [5, 5.41) is 2.97. The maximum Gasteiger partial charge on any atom is 0.267 e. The zero-order valence-corrected chi connectivity index (χ0v) is 9.60. The summed E-state index contributed by atoms with van der Waals surface area (Å²) in [5.41, 5.74) is 4.41. The molecule has 4 N–H and O–H groups in total. The minimum atomic E-state index is -0.307. The topological polar surface area (TPSA) is 67.2 Å². The van der Waals surface area contributed by atoms with Crippen LogP contribution in [0.5, 0.6) is 0 Å². The Morgan fingerprint density at radius 3 is 2.64 bits per heavy atom. The molecule has 0 aromatic heterocycles. The third-order valence-corrected chi connectivity index (χ3v) is 2.38. The second-order valence-electron chi connectivity index (χ2n) is 2.87. The van der Waals surface area contributed by atoms with Gasteiger partial charge >= 0.3 is 0 Å². The summed E-state index contributed by atoms with van der Waals surface area (Å²) >= 11 is 3.33. The van der Waals surface area contributed by atoms with Gasteiger partial charge in [-0.15, -0.1) is 0 Å². The molecule has 1 rings (SSSR count). The number of hydrogen-bond donors (Lipinski definition) is 3. The molecule has 4 nitrogen and oxygen atoms in total. The van der Waals surface area contributed by atoms with Crippen molar-refractivity contribution in [2.75, 3.05) is 12.4 Å².